The van der Waals surface area contributed by atoms with Crippen LogP contribution < -0.4 is 20.9 Å². The maximum absolute atomic E-state index is 13.5. The maximum atomic E-state index is 13.5. The normalized spacial score (nSPS) is 14.4. The molecule has 1 aliphatic rings. The van der Waals surface area contributed by atoms with Crippen molar-refractivity contribution in [2.75, 3.05) is 18.1 Å². The molecule has 6 nitrogen and oxygen atoms in total. The van der Waals surface area contributed by atoms with E-state index in [-0.39, 0.29) is 11.8 Å². The zero-order valence-corrected chi connectivity index (χ0v) is 17.8. The fraction of sp³-hybridized carbons (Fsp3) is 0.250. The van der Waals surface area contributed by atoms with Crippen molar-refractivity contribution in [2.24, 2.45) is 0 Å². The van der Waals surface area contributed by atoms with Crippen molar-refractivity contribution in [3.63, 3.8) is 0 Å². The molecule has 0 atom stereocenters. The molecular formula is C24H25FN4O2. The van der Waals surface area contributed by atoms with Gasteiger partial charge in [-0.2, -0.15) is 4.98 Å². The number of aromatic nitrogens is 2. The molecular weight excluding hydrogens is 395 g/mol. The topological polar surface area (TPSA) is 96.3 Å². The Hall–Kier alpha value is -3.61. The van der Waals surface area contributed by atoms with E-state index in [9.17, 15) is 4.39 Å². The van der Waals surface area contributed by atoms with Crippen LogP contribution in [-0.4, -0.2) is 22.2 Å². The van der Waals surface area contributed by atoms with Crippen LogP contribution in [0.5, 0.6) is 11.5 Å². The van der Waals surface area contributed by atoms with Gasteiger partial charge < -0.3 is 20.9 Å². The molecule has 2 heterocycles. The van der Waals surface area contributed by atoms with Crippen LogP contribution in [0.15, 0.2) is 48.7 Å². The number of nitrogen functional groups attached to an aromatic ring is 2. The Kier molecular flexibility index (Phi) is 5.27. The molecule has 7 heteroatoms. The Bertz CT molecular complexity index is 1160. The smallest absolute Gasteiger partial charge is 0.221 e. The van der Waals surface area contributed by atoms with Crippen LogP contribution in [0.3, 0.4) is 0 Å². The third kappa shape index (κ3) is 4.30. The minimum absolute atomic E-state index is 0.138. The van der Waals surface area contributed by atoms with Gasteiger partial charge in [0.1, 0.15) is 17.2 Å². The van der Waals surface area contributed by atoms with Crippen molar-refractivity contribution in [1.82, 2.24) is 9.97 Å². The van der Waals surface area contributed by atoms with Crippen LogP contribution in [0.2, 0.25) is 0 Å². The van der Waals surface area contributed by atoms with Crippen molar-refractivity contribution >= 4 is 17.3 Å². The molecule has 1 aliphatic heterocycles. The van der Waals surface area contributed by atoms with Gasteiger partial charge in [-0.25, -0.2) is 9.37 Å². The van der Waals surface area contributed by atoms with Gasteiger partial charge in [-0.1, -0.05) is 12.1 Å². The van der Waals surface area contributed by atoms with E-state index in [0.717, 1.165) is 27.8 Å². The van der Waals surface area contributed by atoms with E-state index in [4.69, 9.17) is 20.9 Å². The van der Waals surface area contributed by atoms with Gasteiger partial charge in [0, 0.05) is 23.7 Å². The molecule has 4 N–H and O–H groups in total. The summed E-state index contributed by atoms with van der Waals surface area (Å²) in [6.07, 6.45) is 4.18. The van der Waals surface area contributed by atoms with Gasteiger partial charge in [-0.05, 0) is 67.8 Å². The molecule has 4 rings (SSSR count). The summed E-state index contributed by atoms with van der Waals surface area (Å²) in [5.41, 5.74) is 15.6. The Balaban J connectivity index is 1.85. The molecule has 2 aromatic carbocycles. The lowest BCUT2D eigenvalue weighted by molar-refractivity contribution is 0.149. The number of anilines is 2. The number of hydrogen-bond acceptors (Lipinski definition) is 6. The SMILES string of the molecule is CCOc1cc(Cc2cnc(N)nc2N)cc2c1OC(C)(C)C=C2c1ccc(F)cc1. The molecule has 0 unspecified atom stereocenters. The van der Waals surface area contributed by atoms with Crippen LogP contribution in [0.1, 0.15) is 43.0 Å². The highest BCUT2D eigenvalue weighted by atomic mass is 19.1. The van der Waals surface area contributed by atoms with Crippen molar-refractivity contribution in [2.45, 2.75) is 32.8 Å². The molecule has 1 aromatic heterocycles. The summed E-state index contributed by atoms with van der Waals surface area (Å²) in [7, 11) is 0. The molecule has 0 radical (unpaired) electrons. The molecule has 0 saturated heterocycles. The van der Waals surface area contributed by atoms with Crippen LogP contribution in [-0.2, 0) is 6.42 Å². The highest BCUT2D eigenvalue weighted by molar-refractivity contribution is 5.86. The molecule has 0 bridgehead atoms. The maximum Gasteiger partial charge on any atom is 0.221 e. The number of rotatable bonds is 5. The third-order valence-corrected chi connectivity index (χ3v) is 5.03. The summed E-state index contributed by atoms with van der Waals surface area (Å²) in [5, 5.41) is 0. The lowest BCUT2D eigenvalue weighted by atomic mass is 9.88. The fourth-order valence-electron chi connectivity index (χ4n) is 3.71. The van der Waals surface area contributed by atoms with E-state index in [1.807, 2.05) is 39.0 Å². The summed E-state index contributed by atoms with van der Waals surface area (Å²) in [5.74, 6) is 1.51. The first-order valence-corrected chi connectivity index (χ1v) is 10.1. The molecule has 0 spiro atoms. The highest BCUT2D eigenvalue weighted by Gasteiger charge is 2.30. The molecule has 0 saturated carbocycles. The van der Waals surface area contributed by atoms with Crippen LogP contribution in [0, 0.1) is 5.82 Å². The third-order valence-electron chi connectivity index (χ3n) is 5.03. The Morgan fingerprint density at radius 2 is 1.87 bits per heavy atom. The van der Waals surface area contributed by atoms with E-state index in [1.54, 1.807) is 18.3 Å². The van der Waals surface area contributed by atoms with Gasteiger partial charge in [0.2, 0.25) is 5.95 Å². The van der Waals surface area contributed by atoms with Crippen molar-refractivity contribution in [1.29, 1.82) is 0 Å². The second-order valence-electron chi connectivity index (χ2n) is 7.99. The average molecular weight is 420 g/mol. The average Bonchev–Trinajstić information content (AvgIpc) is 2.71. The first-order valence-electron chi connectivity index (χ1n) is 10.1. The van der Waals surface area contributed by atoms with E-state index < -0.39 is 5.60 Å². The number of benzene rings is 2. The standard InChI is InChI=1S/C24H25FN4O2/c1-4-30-20-11-14(9-16-13-28-23(27)29-22(16)26)10-18-19(12-24(2,3)31-21(18)20)15-5-7-17(25)8-6-15/h5-8,10-13H,4,9H2,1-3H3,(H4,26,27,28,29). The first kappa shape index (κ1) is 20.7. The summed E-state index contributed by atoms with van der Waals surface area (Å²) < 4.78 is 25.8. The monoisotopic (exact) mass is 420 g/mol. The first-order chi connectivity index (χ1) is 14.8. The largest absolute Gasteiger partial charge is 0.490 e. The molecule has 31 heavy (non-hydrogen) atoms. The summed E-state index contributed by atoms with van der Waals surface area (Å²) >= 11 is 0. The van der Waals surface area contributed by atoms with Crippen LogP contribution in [0.4, 0.5) is 16.2 Å². The van der Waals surface area contributed by atoms with Gasteiger partial charge in [0.15, 0.2) is 11.5 Å². The van der Waals surface area contributed by atoms with Gasteiger partial charge in [-0.15, -0.1) is 0 Å². The Morgan fingerprint density at radius 1 is 1.13 bits per heavy atom. The van der Waals surface area contributed by atoms with E-state index in [2.05, 4.69) is 9.97 Å². The zero-order valence-electron chi connectivity index (χ0n) is 17.8. The van der Waals surface area contributed by atoms with E-state index >= 15 is 0 Å². The van der Waals surface area contributed by atoms with Crippen LogP contribution >= 0.6 is 0 Å². The highest BCUT2D eigenvalue weighted by Crippen LogP contribution is 2.45. The number of hydrogen-bond donors (Lipinski definition) is 2. The number of nitrogens with two attached hydrogens (primary N) is 2. The molecule has 3 aromatic rings. The second-order valence-corrected chi connectivity index (χ2v) is 7.99. The van der Waals surface area contributed by atoms with Gasteiger partial charge in [-0.3, -0.25) is 0 Å². The lowest BCUT2D eigenvalue weighted by Crippen LogP contribution is -2.29. The zero-order chi connectivity index (χ0) is 22.2. The quantitative estimate of drug-likeness (QED) is 0.636. The Labute approximate surface area is 180 Å². The minimum Gasteiger partial charge on any atom is -0.490 e. The molecule has 0 fully saturated rings. The Morgan fingerprint density at radius 3 is 2.55 bits per heavy atom. The number of nitrogens with zero attached hydrogens (tertiary/aromatic N) is 2. The molecule has 160 valence electrons. The second kappa shape index (κ2) is 7.91. The lowest BCUT2D eigenvalue weighted by Gasteiger charge is -2.33. The number of fused-ring (bicyclic) bond motifs is 1. The fourth-order valence-corrected chi connectivity index (χ4v) is 3.71. The van der Waals surface area contributed by atoms with Gasteiger partial charge in [0.25, 0.3) is 0 Å². The minimum atomic E-state index is -0.556. The number of halogens is 1. The predicted molar refractivity (Wildman–Crippen MR) is 119 cm³/mol. The summed E-state index contributed by atoms with van der Waals surface area (Å²) in [6.45, 7) is 6.38. The van der Waals surface area contributed by atoms with Crippen molar-refractivity contribution in [3.8, 4) is 11.5 Å². The molecule has 0 aliphatic carbocycles. The van der Waals surface area contributed by atoms with Gasteiger partial charge >= 0.3 is 0 Å². The van der Waals surface area contributed by atoms with Crippen molar-refractivity contribution < 1.29 is 13.9 Å². The van der Waals surface area contributed by atoms with E-state index in [1.165, 1.54) is 12.1 Å². The number of ether oxygens (including phenoxy) is 2. The predicted octanol–water partition coefficient (Wildman–Crippen LogP) is 4.37. The van der Waals surface area contributed by atoms with Crippen LogP contribution in [0.25, 0.3) is 5.57 Å². The van der Waals surface area contributed by atoms with E-state index in [0.29, 0.717) is 30.3 Å². The summed E-state index contributed by atoms with van der Waals surface area (Å²) in [6, 6.07) is 10.4. The van der Waals surface area contributed by atoms with Crippen molar-refractivity contribution in [3.05, 3.63) is 76.7 Å². The van der Waals surface area contributed by atoms with Gasteiger partial charge in [0.05, 0.1) is 6.61 Å². The molecule has 0 amide bonds. The summed E-state index contributed by atoms with van der Waals surface area (Å²) in [4.78, 5) is 8.10.